The summed E-state index contributed by atoms with van der Waals surface area (Å²) in [5, 5.41) is 2.87. The Kier molecular flexibility index (Phi) is 3.42. The monoisotopic (exact) mass is 210 g/mol. The van der Waals surface area contributed by atoms with Crippen molar-refractivity contribution in [2.24, 2.45) is 5.73 Å². The van der Waals surface area contributed by atoms with Crippen molar-refractivity contribution in [1.29, 1.82) is 0 Å². The van der Waals surface area contributed by atoms with Crippen LogP contribution in [-0.4, -0.2) is 18.5 Å². The molecule has 0 heterocycles. The first-order valence-electron chi connectivity index (χ1n) is 4.71. The minimum Gasteiger partial charge on any atom is -0.368 e. The Morgan fingerprint density at radius 2 is 2.00 bits per heavy atom. The van der Waals surface area contributed by atoms with Gasteiger partial charge >= 0.3 is 0 Å². The van der Waals surface area contributed by atoms with Gasteiger partial charge in [0.05, 0.1) is 5.54 Å². The van der Waals surface area contributed by atoms with Crippen molar-refractivity contribution >= 4 is 5.91 Å². The molecule has 0 fully saturated rings. The standard InChI is InChI=1S/C11H15FN2O/c1-11(14-2,10(13)15)7-8-3-5-9(12)6-4-8/h3-6,14H,7H2,1-2H3,(H2,13,15). The predicted molar refractivity (Wildman–Crippen MR) is 56.8 cm³/mol. The van der Waals surface area contributed by atoms with E-state index in [1.165, 1.54) is 12.1 Å². The highest BCUT2D eigenvalue weighted by atomic mass is 19.1. The Hall–Kier alpha value is -1.42. The number of carbonyl (C=O) groups is 1. The van der Waals surface area contributed by atoms with Crippen molar-refractivity contribution in [2.45, 2.75) is 18.9 Å². The van der Waals surface area contributed by atoms with Gasteiger partial charge in [-0.1, -0.05) is 12.1 Å². The molecule has 0 aromatic heterocycles. The Bertz CT molecular complexity index is 350. The van der Waals surface area contributed by atoms with Crippen LogP contribution in [0.3, 0.4) is 0 Å². The molecule has 0 bridgehead atoms. The Labute approximate surface area is 88.5 Å². The van der Waals surface area contributed by atoms with Gasteiger partial charge in [0.1, 0.15) is 5.82 Å². The first-order valence-corrected chi connectivity index (χ1v) is 4.71. The Morgan fingerprint density at radius 1 is 1.47 bits per heavy atom. The summed E-state index contributed by atoms with van der Waals surface area (Å²) < 4.78 is 12.7. The molecule has 1 aromatic rings. The molecule has 1 atom stereocenters. The molecule has 1 amide bonds. The first kappa shape index (κ1) is 11.7. The lowest BCUT2D eigenvalue weighted by Crippen LogP contribution is -2.53. The molecule has 1 aromatic carbocycles. The summed E-state index contributed by atoms with van der Waals surface area (Å²) in [7, 11) is 1.67. The van der Waals surface area contributed by atoms with Crippen molar-refractivity contribution in [3.05, 3.63) is 35.6 Å². The number of benzene rings is 1. The molecule has 0 aliphatic heterocycles. The normalized spacial score (nSPS) is 14.6. The molecule has 3 nitrogen and oxygen atoms in total. The number of likely N-dealkylation sites (N-methyl/N-ethyl adjacent to an activating group) is 1. The molecule has 0 radical (unpaired) electrons. The summed E-state index contributed by atoms with van der Waals surface area (Å²) >= 11 is 0. The number of hydrogen-bond donors (Lipinski definition) is 2. The molecular formula is C11H15FN2O. The van der Waals surface area contributed by atoms with Crippen LogP contribution in [0, 0.1) is 5.82 Å². The van der Waals surface area contributed by atoms with Gasteiger partial charge in [0.25, 0.3) is 0 Å². The highest BCUT2D eigenvalue weighted by Crippen LogP contribution is 2.13. The second-order valence-corrected chi connectivity index (χ2v) is 3.75. The van der Waals surface area contributed by atoms with Crippen molar-refractivity contribution in [3.8, 4) is 0 Å². The van der Waals surface area contributed by atoms with E-state index in [0.717, 1.165) is 5.56 Å². The molecular weight excluding hydrogens is 195 g/mol. The molecule has 82 valence electrons. The summed E-state index contributed by atoms with van der Waals surface area (Å²) in [6.45, 7) is 1.72. The lowest BCUT2D eigenvalue weighted by Gasteiger charge is -2.25. The van der Waals surface area contributed by atoms with Crippen LogP contribution < -0.4 is 11.1 Å². The lowest BCUT2D eigenvalue weighted by molar-refractivity contribution is -0.123. The fraction of sp³-hybridized carbons (Fsp3) is 0.364. The van der Waals surface area contributed by atoms with Gasteiger partial charge < -0.3 is 11.1 Å². The number of halogens is 1. The fourth-order valence-electron chi connectivity index (χ4n) is 1.31. The number of rotatable bonds is 4. The highest BCUT2D eigenvalue weighted by molar-refractivity contribution is 5.84. The van der Waals surface area contributed by atoms with Crippen molar-refractivity contribution < 1.29 is 9.18 Å². The quantitative estimate of drug-likeness (QED) is 0.773. The third-order valence-electron chi connectivity index (χ3n) is 2.57. The predicted octanol–water partition coefficient (Wildman–Crippen LogP) is 0.832. The summed E-state index contributed by atoms with van der Waals surface area (Å²) in [5.41, 5.74) is 5.36. The van der Waals surface area contributed by atoms with E-state index in [-0.39, 0.29) is 5.82 Å². The van der Waals surface area contributed by atoms with Gasteiger partial charge in [0.15, 0.2) is 0 Å². The second kappa shape index (κ2) is 4.40. The van der Waals surface area contributed by atoms with Crippen molar-refractivity contribution in [2.75, 3.05) is 7.05 Å². The van der Waals surface area contributed by atoms with E-state index in [0.29, 0.717) is 6.42 Å². The van der Waals surface area contributed by atoms with Gasteiger partial charge in [-0.2, -0.15) is 0 Å². The zero-order chi connectivity index (χ0) is 11.5. The van der Waals surface area contributed by atoms with Gasteiger partial charge in [-0.25, -0.2) is 4.39 Å². The maximum atomic E-state index is 12.7. The summed E-state index contributed by atoms with van der Waals surface area (Å²) in [6.07, 6.45) is 0.444. The van der Waals surface area contributed by atoms with Crippen LogP contribution in [0.4, 0.5) is 4.39 Å². The smallest absolute Gasteiger partial charge is 0.237 e. The van der Waals surface area contributed by atoms with E-state index in [9.17, 15) is 9.18 Å². The third-order valence-corrected chi connectivity index (χ3v) is 2.57. The molecule has 4 heteroatoms. The van der Waals surface area contributed by atoms with Gasteiger partial charge in [-0.05, 0) is 38.1 Å². The van der Waals surface area contributed by atoms with E-state index in [4.69, 9.17) is 5.73 Å². The fourth-order valence-corrected chi connectivity index (χ4v) is 1.31. The van der Waals surface area contributed by atoms with E-state index in [2.05, 4.69) is 5.32 Å². The summed E-state index contributed by atoms with van der Waals surface area (Å²) in [6, 6.07) is 6.03. The number of amides is 1. The van der Waals surface area contributed by atoms with Crippen LogP contribution in [-0.2, 0) is 11.2 Å². The van der Waals surface area contributed by atoms with E-state index >= 15 is 0 Å². The first-order chi connectivity index (χ1) is 6.98. The molecule has 15 heavy (non-hydrogen) atoms. The Balaban J connectivity index is 2.84. The molecule has 0 spiro atoms. The number of nitrogens with two attached hydrogens (primary N) is 1. The second-order valence-electron chi connectivity index (χ2n) is 3.75. The molecule has 1 rings (SSSR count). The van der Waals surface area contributed by atoms with Gasteiger partial charge in [-0.15, -0.1) is 0 Å². The van der Waals surface area contributed by atoms with Crippen molar-refractivity contribution in [3.63, 3.8) is 0 Å². The average molecular weight is 210 g/mol. The van der Waals surface area contributed by atoms with Crippen LogP contribution in [0.5, 0.6) is 0 Å². The zero-order valence-electron chi connectivity index (χ0n) is 8.88. The largest absolute Gasteiger partial charge is 0.368 e. The summed E-state index contributed by atoms with van der Waals surface area (Å²) in [5.74, 6) is -0.710. The van der Waals surface area contributed by atoms with Crippen LogP contribution in [0.1, 0.15) is 12.5 Å². The minimum absolute atomic E-state index is 0.288. The molecule has 0 saturated heterocycles. The van der Waals surface area contributed by atoms with E-state index < -0.39 is 11.4 Å². The molecule has 0 saturated carbocycles. The SMILES string of the molecule is CNC(C)(Cc1ccc(F)cc1)C(N)=O. The van der Waals surface area contributed by atoms with Crippen LogP contribution >= 0.6 is 0 Å². The van der Waals surface area contributed by atoms with E-state index in [1.54, 1.807) is 26.1 Å². The minimum atomic E-state index is -0.794. The number of carbonyl (C=O) groups excluding carboxylic acids is 1. The maximum absolute atomic E-state index is 12.7. The average Bonchev–Trinajstić information content (AvgIpc) is 2.21. The van der Waals surface area contributed by atoms with Gasteiger partial charge in [0, 0.05) is 0 Å². The third kappa shape index (κ3) is 2.76. The molecule has 0 aliphatic carbocycles. The topological polar surface area (TPSA) is 55.1 Å². The Morgan fingerprint density at radius 3 is 2.40 bits per heavy atom. The van der Waals surface area contributed by atoms with Crippen LogP contribution in [0.2, 0.25) is 0 Å². The number of primary amides is 1. The van der Waals surface area contributed by atoms with Gasteiger partial charge in [-0.3, -0.25) is 4.79 Å². The maximum Gasteiger partial charge on any atom is 0.237 e. The van der Waals surface area contributed by atoms with E-state index in [1.807, 2.05) is 0 Å². The number of nitrogens with one attached hydrogen (secondary N) is 1. The van der Waals surface area contributed by atoms with Crippen LogP contribution in [0.15, 0.2) is 24.3 Å². The molecule has 1 unspecified atom stereocenters. The highest BCUT2D eigenvalue weighted by Gasteiger charge is 2.28. The lowest BCUT2D eigenvalue weighted by atomic mass is 9.92. The number of hydrogen-bond acceptors (Lipinski definition) is 2. The summed E-state index contributed by atoms with van der Waals surface area (Å²) in [4.78, 5) is 11.2. The van der Waals surface area contributed by atoms with Crippen LogP contribution in [0.25, 0.3) is 0 Å². The zero-order valence-corrected chi connectivity index (χ0v) is 8.88. The molecule has 0 aliphatic rings. The van der Waals surface area contributed by atoms with Crippen molar-refractivity contribution in [1.82, 2.24) is 5.32 Å². The van der Waals surface area contributed by atoms with Gasteiger partial charge in [0.2, 0.25) is 5.91 Å². The molecule has 3 N–H and O–H groups in total.